The number of aromatic amines is 2. The van der Waals surface area contributed by atoms with Gasteiger partial charge >= 0.3 is 0 Å². The number of carbonyl (C=O) groups excluding carboxylic acids is 1. The van der Waals surface area contributed by atoms with E-state index in [1.54, 1.807) is 6.07 Å². The molecule has 25 heavy (non-hydrogen) atoms. The molecule has 0 saturated carbocycles. The summed E-state index contributed by atoms with van der Waals surface area (Å²) >= 11 is 2.69. The van der Waals surface area contributed by atoms with Gasteiger partial charge in [-0.05, 0) is 31.4 Å². The number of nitrogens with zero attached hydrogens (tertiary/aromatic N) is 1. The fraction of sp³-hybridized carbons (Fsp3) is 0.167. The number of hydrogen-bond acceptors (Lipinski definition) is 5. The molecule has 0 spiro atoms. The first kappa shape index (κ1) is 16.1. The molecule has 7 heteroatoms. The minimum atomic E-state index is -0.363. The molecule has 1 aromatic carbocycles. The maximum atomic E-state index is 13.0. The lowest BCUT2D eigenvalue weighted by Crippen LogP contribution is -2.16. The van der Waals surface area contributed by atoms with Gasteiger partial charge in [-0.15, -0.1) is 11.3 Å². The van der Waals surface area contributed by atoms with Gasteiger partial charge < -0.3 is 9.97 Å². The number of benzene rings is 1. The van der Waals surface area contributed by atoms with E-state index in [0.717, 1.165) is 16.6 Å². The highest BCUT2D eigenvalue weighted by Crippen LogP contribution is 2.29. The van der Waals surface area contributed by atoms with E-state index < -0.39 is 0 Å². The number of carbonyl (C=O) groups is 1. The summed E-state index contributed by atoms with van der Waals surface area (Å²) in [6.45, 7) is 3.75. The number of H-pyrrole nitrogens is 2. The van der Waals surface area contributed by atoms with Crippen LogP contribution in [0, 0.1) is 6.92 Å². The van der Waals surface area contributed by atoms with Gasteiger partial charge in [0.25, 0.3) is 5.56 Å². The zero-order valence-corrected chi connectivity index (χ0v) is 15.3. The quantitative estimate of drug-likeness (QED) is 0.322. The Morgan fingerprint density at radius 2 is 2.00 bits per heavy atom. The van der Waals surface area contributed by atoms with Crippen molar-refractivity contribution in [3.63, 3.8) is 0 Å². The van der Waals surface area contributed by atoms with Crippen molar-refractivity contribution in [1.82, 2.24) is 15.0 Å². The highest BCUT2D eigenvalue weighted by atomic mass is 32.2. The van der Waals surface area contributed by atoms with E-state index in [0.29, 0.717) is 20.9 Å². The fourth-order valence-electron chi connectivity index (χ4n) is 2.92. The van der Waals surface area contributed by atoms with E-state index >= 15 is 0 Å². The van der Waals surface area contributed by atoms with Gasteiger partial charge in [0, 0.05) is 22.2 Å². The van der Waals surface area contributed by atoms with Crippen LogP contribution in [0.4, 0.5) is 0 Å². The van der Waals surface area contributed by atoms with Crippen molar-refractivity contribution in [2.75, 3.05) is 0 Å². The smallest absolute Gasteiger partial charge is 0.260 e. The summed E-state index contributed by atoms with van der Waals surface area (Å²) in [5, 5.41) is 3.45. The van der Waals surface area contributed by atoms with Gasteiger partial charge in [-0.3, -0.25) is 9.59 Å². The minimum absolute atomic E-state index is 0.0221. The highest BCUT2D eigenvalue weighted by Gasteiger charge is 2.23. The van der Waals surface area contributed by atoms with Gasteiger partial charge in [-0.2, -0.15) is 0 Å². The molecule has 0 unspecified atom stereocenters. The first-order chi connectivity index (χ1) is 12.0. The Balaban J connectivity index is 1.67. The van der Waals surface area contributed by atoms with E-state index in [9.17, 15) is 9.59 Å². The van der Waals surface area contributed by atoms with Gasteiger partial charge in [-0.25, -0.2) is 4.98 Å². The molecular weight excluding hydrogens is 354 g/mol. The molecule has 126 valence electrons. The van der Waals surface area contributed by atoms with Crippen molar-refractivity contribution in [3.8, 4) is 0 Å². The number of fused-ring (bicyclic) bond motifs is 2. The van der Waals surface area contributed by atoms with E-state index in [1.807, 2.05) is 43.5 Å². The molecule has 0 fully saturated rings. The first-order valence-corrected chi connectivity index (χ1v) is 9.56. The van der Waals surface area contributed by atoms with Crippen LogP contribution in [0.25, 0.3) is 21.1 Å². The third kappa shape index (κ3) is 2.79. The second-order valence-corrected chi connectivity index (χ2v) is 8.03. The second kappa shape index (κ2) is 6.16. The van der Waals surface area contributed by atoms with Crippen LogP contribution in [0.3, 0.4) is 0 Å². The van der Waals surface area contributed by atoms with Crippen LogP contribution >= 0.6 is 23.1 Å². The van der Waals surface area contributed by atoms with E-state index in [2.05, 4.69) is 15.0 Å². The predicted octanol–water partition coefficient (Wildman–Crippen LogP) is 4.14. The van der Waals surface area contributed by atoms with Gasteiger partial charge in [0.1, 0.15) is 4.83 Å². The average Bonchev–Trinajstić information content (AvgIpc) is 3.17. The Bertz CT molecular complexity index is 1160. The number of ketones is 1. The first-order valence-electron chi connectivity index (χ1n) is 7.80. The molecule has 2 N–H and O–H groups in total. The number of thiophene rings is 1. The van der Waals surface area contributed by atoms with Crippen molar-refractivity contribution in [3.05, 3.63) is 57.3 Å². The lowest BCUT2D eigenvalue weighted by atomic mass is 10.1. The SMILES string of the molecule is Cc1[nH]c2ccccc2c1C(=O)[C@H](C)Sc1nc2sccc2c(=O)[nH]1. The van der Waals surface area contributed by atoms with Crippen LogP contribution < -0.4 is 5.56 Å². The Kier molecular flexibility index (Phi) is 3.97. The fourth-order valence-corrected chi connectivity index (χ4v) is 4.60. The molecule has 0 amide bonds. The van der Waals surface area contributed by atoms with E-state index in [-0.39, 0.29) is 16.6 Å². The summed E-state index contributed by atoms with van der Waals surface area (Å²) in [6, 6.07) is 9.52. The molecule has 3 heterocycles. The Morgan fingerprint density at radius 3 is 2.84 bits per heavy atom. The maximum Gasteiger partial charge on any atom is 0.260 e. The summed E-state index contributed by atoms with van der Waals surface area (Å²) in [5.41, 5.74) is 2.34. The zero-order valence-electron chi connectivity index (χ0n) is 13.6. The largest absolute Gasteiger partial charge is 0.358 e. The zero-order chi connectivity index (χ0) is 17.6. The average molecular weight is 369 g/mol. The molecule has 3 aromatic heterocycles. The van der Waals surface area contributed by atoms with Gasteiger partial charge in [0.05, 0.1) is 10.6 Å². The summed E-state index contributed by atoms with van der Waals surface area (Å²) in [7, 11) is 0. The van der Waals surface area contributed by atoms with Crippen LogP contribution in [-0.2, 0) is 0 Å². The van der Waals surface area contributed by atoms with Crippen molar-refractivity contribution >= 4 is 50.0 Å². The molecule has 4 rings (SSSR count). The third-order valence-corrected chi connectivity index (χ3v) is 5.90. The van der Waals surface area contributed by atoms with Crippen LogP contribution in [0.1, 0.15) is 23.0 Å². The number of thioether (sulfide) groups is 1. The van der Waals surface area contributed by atoms with Crippen molar-refractivity contribution < 1.29 is 4.79 Å². The number of hydrogen-bond donors (Lipinski definition) is 2. The number of aromatic nitrogens is 3. The molecule has 0 aliphatic rings. The molecule has 0 bridgehead atoms. The van der Waals surface area contributed by atoms with Gasteiger partial charge in [-0.1, -0.05) is 30.0 Å². The molecule has 0 saturated heterocycles. The van der Waals surface area contributed by atoms with E-state index in [1.165, 1.54) is 23.1 Å². The molecule has 0 radical (unpaired) electrons. The Labute approximate surface area is 151 Å². The van der Waals surface area contributed by atoms with Gasteiger partial charge in [0.2, 0.25) is 0 Å². The molecule has 0 aliphatic carbocycles. The van der Waals surface area contributed by atoms with Crippen LogP contribution in [0.15, 0.2) is 45.7 Å². The third-order valence-electron chi connectivity index (χ3n) is 4.11. The molecule has 4 aromatic rings. The summed E-state index contributed by atoms with van der Waals surface area (Å²) in [6.07, 6.45) is 0. The molecular formula is C18H15N3O2S2. The lowest BCUT2D eigenvalue weighted by Gasteiger charge is -2.10. The molecule has 5 nitrogen and oxygen atoms in total. The topological polar surface area (TPSA) is 78.6 Å². The highest BCUT2D eigenvalue weighted by molar-refractivity contribution is 8.00. The summed E-state index contributed by atoms with van der Waals surface area (Å²) in [4.78, 5) is 36.2. The van der Waals surface area contributed by atoms with Crippen LogP contribution in [0.5, 0.6) is 0 Å². The number of para-hydroxylation sites is 1. The minimum Gasteiger partial charge on any atom is -0.358 e. The molecule has 1 atom stereocenters. The Morgan fingerprint density at radius 1 is 1.20 bits per heavy atom. The monoisotopic (exact) mass is 369 g/mol. The standard InChI is InChI=1S/C18H15N3O2S2/c1-9-14(11-5-3-4-6-13(11)19-9)15(22)10(2)25-18-20-16(23)12-7-8-24-17(12)21-18/h3-8,10,19H,1-2H3,(H,20,21,23)/t10-/m0/s1. The van der Waals surface area contributed by atoms with E-state index in [4.69, 9.17) is 0 Å². The number of aryl methyl sites for hydroxylation is 1. The van der Waals surface area contributed by atoms with Crippen LogP contribution in [0.2, 0.25) is 0 Å². The number of Topliss-reactive ketones (excluding diaryl/α,β-unsaturated/α-hetero) is 1. The van der Waals surface area contributed by atoms with Crippen LogP contribution in [-0.4, -0.2) is 26.0 Å². The normalized spacial score (nSPS) is 12.7. The lowest BCUT2D eigenvalue weighted by molar-refractivity contribution is 0.0995. The summed E-state index contributed by atoms with van der Waals surface area (Å²) in [5.74, 6) is 0.0221. The molecule has 0 aliphatic heterocycles. The number of nitrogens with one attached hydrogen (secondary N) is 2. The predicted molar refractivity (Wildman–Crippen MR) is 103 cm³/mol. The van der Waals surface area contributed by atoms with Gasteiger partial charge in [0.15, 0.2) is 10.9 Å². The second-order valence-electron chi connectivity index (χ2n) is 5.81. The Hall–Kier alpha value is -2.38. The van der Waals surface area contributed by atoms with Crippen molar-refractivity contribution in [1.29, 1.82) is 0 Å². The maximum absolute atomic E-state index is 13.0. The van der Waals surface area contributed by atoms with Crippen molar-refractivity contribution in [2.45, 2.75) is 24.3 Å². The number of rotatable bonds is 4. The van der Waals surface area contributed by atoms with Crippen molar-refractivity contribution in [2.24, 2.45) is 0 Å². The summed E-state index contributed by atoms with van der Waals surface area (Å²) < 4.78 is 0.